The average Bonchev–Trinajstić information content (AvgIpc) is 2.50. The van der Waals surface area contributed by atoms with E-state index in [0.717, 1.165) is 9.26 Å². The van der Waals surface area contributed by atoms with E-state index in [1.807, 2.05) is 48.5 Å². The van der Waals surface area contributed by atoms with E-state index in [0.29, 0.717) is 11.7 Å². The van der Waals surface area contributed by atoms with Gasteiger partial charge in [-0.05, 0) is 77.4 Å². The summed E-state index contributed by atoms with van der Waals surface area (Å²) in [7, 11) is 0. The Morgan fingerprint density at radius 1 is 1.00 bits per heavy atom. The van der Waals surface area contributed by atoms with Gasteiger partial charge >= 0.3 is 0 Å². The van der Waals surface area contributed by atoms with E-state index in [4.69, 9.17) is 4.74 Å². The van der Waals surface area contributed by atoms with E-state index in [2.05, 4.69) is 41.8 Å². The summed E-state index contributed by atoms with van der Waals surface area (Å²) in [4.78, 5) is 12.1. The van der Waals surface area contributed by atoms with Crippen LogP contribution in [0.1, 0.15) is 32.3 Å². The van der Waals surface area contributed by atoms with Crippen molar-refractivity contribution in [3.05, 3.63) is 57.7 Å². The SMILES string of the molecule is CC(C)c1ccc(O[C@H](C)C(=O)Nc2ccc(I)cc2)cc1. The van der Waals surface area contributed by atoms with Gasteiger partial charge in [0.05, 0.1) is 0 Å². The van der Waals surface area contributed by atoms with Crippen LogP contribution in [0.5, 0.6) is 5.75 Å². The summed E-state index contributed by atoms with van der Waals surface area (Å²) in [6.07, 6.45) is -0.552. The first kappa shape index (κ1) is 16.8. The third-order valence-corrected chi connectivity index (χ3v) is 4.06. The highest BCUT2D eigenvalue weighted by Crippen LogP contribution is 2.20. The standard InChI is InChI=1S/C18H20INO2/c1-12(2)14-4-10-17(11-5-14)22-13(3)18(21)20-16-8-6-15(19)7-9-16/h4-13H,1-3H3,(H,20,21)/t13-/m1/s1. The number of anilines is 1. The molecule has 0 aliphatic carbocycles. The van der Waals surface area contributed by atoms with Gasteiger partial charge in [0.15, 0.2) is 6.10 Å². The first-order chi connectivity index (χ1) is 10.5. The van der Waals surface area contributed by atoms with Crippen molar-refractivity contribution in [2.75, 3.05) is 5.32 Å². The summed E-state index contributed by atoms with van der Waals surface area (Å²) in [5, 5.41) is 2.85. The number of hydrogen-bond acceptors (Lipinski definition) is 2. The molecule has 0 aromatic heterocycles. The van der Waals surface area contributed by atoms with Gasteiger partial charge in [-0.15, -0.1) is 0 Å². The molecule has 0 aliphatic rings. The number of amides is 1. The molecular weight excluding hydrogens is 389 g/mol. The Kier molecular flexibility index (Phi) is 5.83. The maximum Gasteiger partial charge on any atom is 0.265 e. The number of nitrogens with one attached hydrogen (secondary N) is 1. The van der Waals surface area contributed by atoms with Crippen LogP contribution in [0.15, 0.2) is 48.5 Å². The lowest BCUT2D eigenvalue weighted by Gasteiger charge is -2.15. The van der Waals surface area contributed by atoms with Crippen LogP contribution in [-0.4, -0.2) is 12.0 Å². The molecule has 2 aromatic rings. The minimum Gasteiger partial charge on any atom is -0.481 e. The lowest BCUT2D eigenvalue weighted by Crippen LogP contribution is -2.30. The maximum absolute atomic E-state index is 12.1. The molecule has 1 atom stereocenters. The van der Waals surface area contributed by atoms with Gasteiger partial charge < -0.3 is 10.1 Å². The second kappa shape index (κ2) is 7.63. The molecule has 4 heteroatoms. The number of carbonyl (C=O) groups is 1. The molecule has 2 rings (SSSR count). The lowest BCUT2D eigenvalue weighted by atomic mass is 10.0. The van der Waals surface area contributed by atoms with Crippen molar-refractivity contribution in [1.82, 2.24) is 0 Å². The molecule has 0 fully saturated rings. The predicted molar refractivity (Wildman–Crippen MR) is 98.4 cm³/mol. The molecule has 1 N–H and O–H groups in total. The molecule has 0 radical (unpaired) electrons. The first-order valence-corrected chi connectivity index (χ1v) is 8.36. The Hall–Kier alpha value is -1.56. The number of halogens is 1. The van der Waals surface area contributed by atoms with Crippen molar-refractivity contribution in [3.8, 4) is 5.75 Å². The van der Waals surface area contributed by atoms with Gasteiger partial charge in [0.25, 0.3) is 5.91 Å². The smallest absolute Gasteiger partial charge is 0.265 e. The minimum absolute atomic E-state index is 0.158. The van der Waals surface area contributed by atoms with Crippen molar-refractivity contribution in [3.63, 3.8) is 0 Å². The topological polar surface area (TPSA) is 38.3 Å². The van der Waals surface area contributed by atoms with Gasteiger partial charge in [-0.3, -0.25) is 4.79 Å². The van der Waals surface area contributed by atoms with Gasteiger partial charge in [0, 0.05) is 9.26 Å². The largest absolute Gasteiger partial charge is 0.481 e. The summed E-state index contributed by atoms with van der Waals surface area (Å²) >= 11 is 2.23. The molecule has 116 valence electrons. The number of carbonyl (C=O) groups excluding carboxylic acids is 1. The molecule has 0 saturated carbocycles. The van der Waals surface area contributed by atoms with Crippen molar-refractivity contribution in [1.29, 1.82) is 0 Å². The molecule has 0 bridgehead atoms. The van der Waals surface area contributed by atoms with Crippen LogP contribution in [0.3, 0.4) is 0 Å². The van der Waals surface area contributed by atoms with E-state index in [9.17, 15) is 4.79 Å². The number of hydrogen-bond donors (Lipinski definition) is 1. The summed E-state index contributed by atoms with van der Waals surface area (Å²) in [5.74, 6) is 1.03. The van der Waals surface area contributed by atoms with Crippen LogP contribution in [0.4, 0.5) is 5.69 Å². The number of ether oxygens (including phenoxy) is 1. The van der Waals surface area contributed by atoms with Gasteiger partial charge in [-0.2, -0.15) is 0 Å². The monoisotopic (exact) mass is 409 g/mol. The molecule has 0 unspecified atom stereocenters. The summed E-state index contributed by atoms with van der Waals surface area (Å²) in [6, 6.07) is 15.5. The quantitative estimate of drug-likeness (QED) is 0.720. The molecule has 2 aromatic carbocycles. The highest BCUT2D eigenvalue weighted by Gasteiger charge is 2.15. The molecule has 0 saturated heterocycles. The van der Waals surface area contributed by atoms with E-state index in [-0.39, 0.29) is 5.91 Å². The fraction of sp³-hybridized carbons (Fsp3) is 0.278. The third kappa shape index (κ3) is 4.73. The van der Waals surface area contributed by atoms with Crippen LogP contribution in [0, 0.1) is 3.57 Å². The van der Waals surface area contributed by atoms with Crippen LogP contribution in [0.25, 0.3) is 0 Å². The normalized spacial score (nSPS) is 12.0. The zero-order valence-corrected chi connectivity index (χ0v) is 15.1. The van der Waals surface area contributed by atoms with Gasteiger partial charge in [-0.1, -0.05) is 26.0 Å². The molecule has 1 amide bonds. The lowest BCUT2D eigenvalue weighted by molar-refractivity contribution is -0.122. The van der Waals surface area contributed by atoms with Crippen LogP contribution in [0.2, 0.25) is 0 Å². The average molecular weight is 409 g/mol. The summed E-state index contributed by atoms with van der Waals surface area (Å²) < 4.78 is 6.82. The van der Waals surface area contributed by atoms with Crippen molar-refractivity contribution in [2.45, 2.75) is 32.8 Å². The fourth-order valence-corrected chi connectivity index (χ4v) is 2.33. The minimum atomic E-state index is -0.552. The zero-order valence-electron chi connectivity index (χ0n) is 13.0. The Morgan fingerprint density at radius 2 is 1.59 bits per heavy atom. The third-order valence-electron chi connectivity index (χ3n) is 3.34. The highest BCUT2D eigenvalue weighted by atomic mass is 127. The molecule has 22 heavy (non-hydrogen) atoms. The summed E-state index contributed by atoms with van der Waals surface area (Å²) in [6.45, 7) is 6.04. The van der Waals surface area contributed by atoms with Crippen molar-refractivity contribution < 1.29 is 9.53 Å². The van der Waals surface area contributed by atoms with E-state index < -0.39 is 6.10 Å². The Morgan fingerprint density at radius 3 is 2.14 bits per heavy atom. The molecule has 0 spiro atoms. The van der Waals surface area contributed by atoms with Crippen molar-refractivity contribution >= 4 is 34.2 Å². The molecule has 3 nitrogen and oxygen atoms in total. The zero-order chi connectivity index (χ0) is 16.1. The van der Waals surface area contributed by atoms with Gasteiger partial charge in [0.2, 0.25) is 0 Å². The molecular formula is C18H20INO2. The van der Waals surface area contributed by atoms with Crippen LogP contribution < -0.4 is 10.1 Å². The van der Waals surface area contributed by atoms with Crippen molar-refractivity contribution in [2.24, 2.45) is 0 Å². The highest BCUT2D eigenvalue weighted by molar-refractivity contribution is 14.1. The van der Waals surface area contributed by atoms with Crippen LogP contribution >= 0.6 is 22.6 Å². The van der Waals surface area contributed by atoms with E-state index in [1.54, 1.807) is 6.92 Å². The Labute approximate surface area is 145 Å². The first-order valence-electron chi connectivity index (χ1n) is 7.29. The van der Waals surface area contributed by atoms with Crippen LogP contribution in [-0.2, 0) is 4.79 Å². The maximum atomic E-state index is 12.1. The Balaban J connectivity index is 1.94. The van der Waals surface area contributed by atoms with Gasteiger partial charge in [0.1, 0.15) is 5.75 Å². The Bertz CT molecular complexity index is 621. The number of rotatable bonds is 5. The second-order valence-electron chi connectivity index (χ2n) is 5.48. The van der Waals surface area contributed by atoms with E-state index >= 15 is 0 Å². The molecule has 0 heterocycles. The van der Waals surface area contributed by atoms with Gasteiger partial charge in [-0.25, -0.2) is 0 Å². The number of benzene rings is 2. The second-order valence-corrected chi connectivity index (χ2v) is 6.73. The van der Waals surface area contributed by atoms with E-state index in [1.165, 1.54) is 5.56 Å². The fourth-order valence-electron chi connectivity index (χ4n) is 1.97. The molecule has 0 aliphatic heterocycles. The summed E-state index contributed by atoms with van der Waals surface area (Å²) in [5.41, 5.74) is 2.03. The predicted octanol–water partition coefficient (Wildman–Crippen LogP) is 4.82.